The molecule has 114 valence electrons. The predicted octanol–water partition coefficient (Wildman–Crippen LogP) is 3.69. The van der Waals surface area contributed by atoms with Crippen molar-refractivity contribution in [3.05, 3.63) is 75.9 Å². The molecular weight excluding hydrogens is 314 g/mol. The molecule has 0 aliphatic heterocycles. The molecule has 0 spiro atoms. The van der Waals surface area contributed by atoms with E-state index in [9.17, 15) is 4.79 Å². The highest BCUT2D eigenvalue weighted by Gasteiger charge is 2.08. The van der Waals surface area contributed by atoms with Crippen LogP contribution < -0.4 is 5.76 Å². The lowest BCUT2D eigenvalue weighted by atomic mass is 10.1. The summed E-state index contributed by atoms with van der Waals surface area (Å²) < 4.78 is 6.71. The van der Waals surface area contributed by atoms with Crippen LogP contribution in [0.15, 0.2) is 64.0 Å². The van der Waals surface area contributed by atoms with Gasteiger partial charge in [-0.1, -0.05) is 41.0 Å². The predicted molar refractivity (Wildman–Crippen MR) is 88.6 cm³/mol. The SMILES string of the molecule is O=c1[nH]c(-c2ccc3ccn(Cc4ccc(Cl)cc4)c3c2)no1. The normalized spacial score (nSPS) is 11.2. The van der Waals surface area contributed by atoms with Crippen molar-refractivity contribution in [1.82, 2.24) is 14.7 Å². The minimum atomic E-state index is -0.559. The molecule has 2 aromatic heterocycles. The summed E-state index contributed by atoms with van der Waals surface area (Å²) in [7, 11) is 0. The number of nitrogens with one attached hydrogen (secondary N) is 1. The molecule has 4 rings (SSSR count). The molecule has 0 radical (unpaired) electrons. The fraction of sp³-hybridized carbons (Fsp3) is 0.0588. The summed E-state index contributed by atoms with van der Waals surface area (Å²) in [5, 5.41) is 5.58. The molecule has 5 nitrogen and oxygen atoms in total. The molecule has 0 atom stereocenters. The van der Waals surface area contributed by atoms with Crippen molar-refractivity contribution < 1.29 is 4.52 Å². The van der Waals surface area contributed by atoms with Crippen molar-refractivity contribution in [2.45, 2.75) is 6.54 Å². The molecule has 4 aromatic rings. The Hall–Kier alpha value is -2.79. The quantitative estimate of drug-likeness (QED) is 0.625. The first-order valence-corrected chi connectivity index (χ1v) is 7.46. The third kappa shape index (κ3) is 2.66. The van der Waals surface area contributed by atoms with Gasteiger partial charge in [0.05, 0.1) is 0 Å². The van der Waals surface area contributed by atoms with Gasteiger partial charge in [-0.2, -0.15) is 0 Å². The minimum absolute atomic E-state index is 0.427. The Morgan fingerprint density at radius 3 is 2.70 bits per heavy atom. The van der Waals surface area contributed by atoms with Gasteiger partial charge in [0.1, 0.15) is 0 Å². The first kappa shape index (κ1) is 13.8. The topological polar surface area (TPSA) is 63.8 Å². The maximum Gasteiger partial charge on any atom is 0.439 e. The van der Waals surface area contributed by atoms with Crippen LogP contribution in [0.3, 0.4) is 0 Å². The molecule has 0 fully saturated rings. The lowest BCUT2D eigenvalue weighted by Crippen LogP contribution is -1.98. The van der Waals surface area contributed by atoms with Crippen molar-refractivity contribution in [1.29, 1.82) is 0 Å². The molecule has 23 heavy (non-hydrogen) atoms. The van der Waals surface area contributed by atoms with E-state index < -0.39 is 5.76 Å². The molecular formula is C17H12ClN3O2. The van der Waals surface area contributed by atoms with Crippen molar-refractivity contribution in [3.63, 3.8) is 0 Å². The summed E-state index contributed by atoms with van der Waals surface area (Å²) in [4.78, 5) is 13.7. The van der Waals surface area contributed by atoms with Gasteiger partial charge < -0.3 is 4.57 Å². The van der Waals surface area contributed by atoms with Crippen molar-refractivity contribution in [2.75, 3.05) is 0 Å². The molecule has 0 saturated carbocycles. The molecule has 0 saturated heterocycles. The Kier molecular flexibility index (Phi) is 3.28. The van der Waals surface area contributed by atoms with Crippen LogP contribution in [0.5, 0.6) is 0 Å². The number of benzene rings is 2. The van der Waals surface area contributed by atoms with Gasteiger partial charge in [-0.15, -0.1) is 0 Å². The lowest BCUT2D eigenvalue weighted by molar-refractivity contribution is 0.388. The number of H-pyrrole nitrogens is 1. The molecule has 0 unspecified atom stereocenters. The summed E-state index contributed by atoms with van der Waals surface area (Å²) in [6.07, 6.45) is 2.04. The van der Waals surface area contributed by atoms with E-state index in [-0.39, 0.29) is 0 Å². The second kappa shape index (κ2) is 5.44. The number of aromatic nitrogens is 3. The van der Waals surface area contributed by atoms with Crippen LogP contribution in [-0.4, -0.2) is 14.7 Å². The highest BCUT2D eigenvalue weighted by molar-refractivity contribution is 6.30. The number of fused-ring (bicyclic) bond motifs is 1. The first-order chi connectivity index (χ1) is 11.2. The van der Waals surface area contributed by atoms with Gasteiger partial charge in [-0.25, -0.2) is 4.79 Å². The van der Waals surface area contributed by atoms with Gasteiger partial charge in [0, 0.05) is 28.8 Å². The highest BCUT2D eigenvalue weighted by atomic mass is 35.5. The van der Waals surface area contributed by atoms with Crippen LogP contribution in [0.25, 0.3) is 22.3 Å². The molecule has 0 aliphatic carbocycles. The molecule has 2 heterocycles. The van der Waals surface area contributed by atoms with Crippen molar-refractivity contribution in [3.8, 4) is 11.4 Å². The van der Waals surface area contributed by atoms with Crippen LogP contribution in [0.1, 0.15) is 5.56 Å². The number of halogens is 1. The Balaban J connectivity index is 1.75. The molecule has 2 aromatic carbocycles. The summed E-state index contributed by atoms with van der Waals surface area (Å²) in [6.45, 7) is 0.736. The van der Waals surface area contributed by atoms with E-state index >= 15 is 0 Å². The van der Waals surface area contributed by atoms with E-state index in [1.54, 1.807) is 0 Å². The van der Waals surface area contributed by atoms with Crippen LogP contribution >= 0.6 is 11.6 Å². The Labute approximate surface area is 136 Å². The number of nitrogens with zero attached hydrogens (tertiary/aromatic N) is 2. The number of rotatable bonds is 3. The Morgan fingerprint density at radius 2 is 1.96 bits per heavy atom. The summed E-state index contributed by atoms with van der Waals surface area (Å²) in [6, 6.07) is 15.7. The maximum absolute atomic E-state index is 11.1. The third-order valence-electron chi connectivity index (χ3n) is 3.75. The molecule has 0 aliphatic rings. The van der Waals surface area contributed by atoms with Crippen LogP contribution in [0.2, 0.25) is 5.02 Å². The van der Waals surface area contributed by atoms with Gasteiger partial charge in [0.25, 0.3) is 0 Å². The van der Waals surface area contributed by atoms with E-state index in [4.69, 9.17) is 11.6 Å². The summed E-state index contributed by atoms with van der Waals surface area (Å²) in [5.41, 5.74) is 3.02. The van der Waals surface area contributed by atoms with Gasteiger partial charge in [-0.05, 0) is 35.2 Å². The Bertz CT molecular complexity index is 1030. The van der Waals surface area contributed by atoms with Crippen molar-refractivity contribution in [2.24, 2.45) is 0 Å². The van der Waals surface area contributed by atoms with E-state index in [1.807, 2.05) is 48.7 Å². The fourth-order valence-electron chi connectivity index (χ4n) is 2.61. The summed E-state index contributed by atoms with van der Waals surface area (Å²) in [5.74, 6) is -0.132. The van der Waals surface area contributed by atoms with E-state index in [1.165, 1.54) is 0 Å². The molecule has 6 heteroatoms. The average Bonchev–Trinajstić information content (AvgIpc) is 3.16. The molecule has 0 amide bonds. The first-order valence-electron chi connectivity index (χ1n) is 7.09. The standard InChI is InChI=1S/C17H12ClN3O2/c18-14-5-1-11(2-6-14)10-21-8-7-12-3-4-13(9-15(12)21)16-19-17(22)23-20-16/h1-9H,10H2,(H,19,20,22). The van der Waals surface area contributed by atoms with E-state index in [0.29, 0.717) is 5.82 Å². The second-order valence-corrected chi connectivity index (χ2v) is 5.72. The Morgan fingerprint density at radius 1 is 1.13 bits per heavy atom. The lowest BCUT2D eigenvalue weighted by Gasteiger charge is -2.07. The third-order valence-corrected chi connectivity index (χ3v) is 4.01. The van der Waals surface area contributed by atoms with E-state index in [2.05, 4.69) is 25.3 Å². The minimum Gasteiger partial charge on any atom is -0.343 e. The molecule has 1 N–H and O–H groups in total. The van der Waals surface area contributed by atoms with Gasteiger partial charge >= 0.3 is 5.76 Å². The van der Waals surface area contributed by atoms with Gasteiger partial charge in [0.15, 0.2) is 5.82 Å². The largest absolute Gasteiger partial charge is 0.439 e. The molecule has 0 bridgehead atoms. The van der Waals surface area contributed by atoms with Gasteiger partial charge in [-0.3, -0.25) is 9.51 Å². The average molecular weight is 326 g/mol. The number of hydrogen-bond acceptors (Lipinski definition) is 3. The van der Waals surface area contributed by atoms with Crippen molar-refractivity contribution >= 4 is 22.5 Å². The second-order valence-electron chi connectivity index (χ2n) is 5.29. The fourth-order valence-corrected chi connectivity index (χ4v) is 2.74. The smallest absolute Gasteiger partial charge is 0.343 e. The van der Waals surface area contributed by atoms with Crippen LogP contribution in [-0.2, 0) is 6.54 Å². The maximum atomic E-state index is 11.1. The monoisotopic (exact) mass is 325 g/mol. The van der Waals surface area contributed by atoms with Crippen LogP contribution in [0, 0.1) is 0 Å². The number of hydrogen-bond donors (Lipinski definition) is 1. The van der Waals surface area contributed by atoms with Gasteiger partial charge in [0.2, 0.25) is 0 Å². The zero-order chi connectivity index (χ0) is 15.8. The zero-order valence-corrected chi connectivity index (χ0v) is 12.7. The summed E-state index contributed by atoms with van der Waals surface area (Å²) >= 11 is 5.93. The van der Waals surface area contributed by atoms with E-state index in [0.717, 1.165) is 33.6 Å². The zero-order valence-electron chi connectivity index (χ0n) is 12.0. The van der Waals surface area contributed by atoms with Crippen LogP contribution in [0.4, 0.5) is 0 Å². The highest BCUT2D eigenvalue weighted by Crippen LogP contribution is 2.23. The number of aromatic amines is 1.